The van der Waals surface area contributed by atoms with Crippen LogP contribution in [-0.4, -0.2) is 24.0 Å². The lowest BCUT2D eigenvalue weighted by Crippen LogP contribution is -2.16. The molecule has 0 spiro atoms. The molecule has 7 heteroatoms. The van der Waals surface area contributed by atoms with Crippen molar-refractivity contribution in [3.05, 3.63) is 32.8 Å². The zero-order valence-corrected chi connectivity index (χ0v) is 10.7. The number of nitrogens with zero attached hydrogens (tertiary/aromatic N) is 1. The van der Waals surface area contributed by atoms with E-state index in [0.717, 1.165) is 0 Å². The number of nitrogens with one attached hydrogen (secondary N) is 1. The summed E-state index contributed by atoms with van der Waals surface area (Å²) in [6.45, 7) is 1.99. The minimum atomic E-state index is -0.500. The zero-order chi connectivity index (χ0) is 12.8. The number of halogens is 1. The van der Waals surface area contributed by atoms with Gasteiger partial charge in [0, 0.05) is 22.3 Å². The van der Waals surface area contributed by atoms with Crippen LogP contribution in [0.5, 0.6) is 0 Å². The molecule has 0 atom stereocenters. The van der Waals surface area contributed by atoms with Crippen molar-refractivity contribution in [2.75, 3.05) is 18.5 Å². The van der Waals surface area contributed by atoms with Gasteiger partial charge in [0.25, 0.3) is 5.69 Å². The lowest BCUT2D eigenvalue weighted by molar-refractivity contribution is -0.384. The molecule has 0 bridgehead atoms. The minimum Gasteiger partial charge on any atom is -0.465 e. The number of hydrogen-bond donors (Lipinski definition) is 1. The summed E-state index contributed by atoms with van der Waals surface area (Å²) >= 11 is 3.16. The van der Waals surface area contributed by atoms with E-state index in [-0.39, 0.29) is 12.2 Å². The molecule has 1 aromatic rings. The van der Waals surface area contributed by atoms with Gasteiger partial charge < -0.3 is 10.1 Å². The van der Waals surface area contributed by atoms with Crippen LogP contribution in [0.1, 0.15) is 6.92 Å². The van der Waals surface area contributed by atoms with Gasteiger partial charge in [-0.15, -0.1) is 0 Å². The van der Waals surface area contributed by atoms with Crippen LogP contribution in [0, 0.1) is 10.1 Å². The quantitative estimate of drug-likeness (QED) is 0.513. The Hall–Kier alpha value is -1.63. The maximum absolute atomic E-state index is 11.1. The van der Waals surface area contributed by atoms with Gasteiger partial charge in [0.1, 0.15) is 6.54 Å². The van der Waals surface area contributed by atoms with Crippen LogP contribution in [-0.2, 0) is 9.53 Å². The fourth-order valence-electron chi connectivity index (χ4n) is 1.17. The zero-order valence-electron chi connectivity index (χ0n) is 9.10. The van der Waals surface area contributed by atoms with Gasteiger partial charge in [-0.2, -0.15) is 0 Å². The molecule has 6 nitrogen and oxygen atoms in total. The number of esters is 1. The monoisotopic (exact) mass is 302 g/mol. The van der Waals surface area contributed by atoms with E-state index in [0.29, 0.717) is 16.8 Å². The Bertz CT molecular complexity index is 436. The van der Waals surface area contributed by atoms with E-state index >= 15 is 0 Å². The van der Waals surface area contributed by atoms with E-state index in [9.17, 15) is 14.9 Å². The average Bonchev–Trinajstić information content (AvgIpc) is 2.26. The number of nitro groups is 1. The van der Waals surface area contributed by atoms with E-state index in [1.54, 1.807) is 13.0 Å². The third-order valence-electron chi connectivity index (χ3n) is 1.84. The predicted octanol–water partition coefficient (Wildman–Crippen LogP) is 2.33. The molecule has 1 N–H and O–H groups in total. The number of anilines is 1. The second-order valence-corrected chi connectivity index (χ2v) is 4.03. The lowest BCUT2D eigenvalue weighted by atomic mass is 10.3. The summed E-state index contributed by atoms with van der Waals surface area (Å²) < 4.78 is 5.29. The van der Waals surface area contributed by atoms with Crippen LogP contribution in [0.25, 0.3) is 0 Å². The maximum atomic E-state index is 11.1. The van der Waals surface area contributed by atoms with Crippen molar-refractivity contribution in [1.82, 2.24) is 0 Å². The number of nitro benzene ring substituents is 1. The molecule has 17 heavy (non-hydrogen) atoms. The summed E-state index contributed by atoms with van der Waals surface area (Å²) in [5.74, 6) is -0.407. The van der Waals surface area contributed by atoms with E-state index in [1.807, 2.05) is 0 Å². The van der Waals surface area contributed by atoms with Gasteiger partial charge in [0.05, 0.1) is 11.5 Å². The fraction of sp³-hybridized carbons (Fsp3) is 0.300. The molecular weight excluding hydrogens is 292 g/mol. The number of rotatable bonds is 5. The molecule has 0 amide bonds. The highest BCUT2D eigenvalue weighted by Gasteiger charge is 2.09. The largest absolute Gasteiger partial charge is 0.465 e. The Morgan fingerprint density at radius 1 is 1.53 bits per heavy atom. The molecule has 0 aromatic heterocycles. The lowest BCUT2D eigenvalue weighted by Gasteiger charge is -2.06. The van der Waals surface area contributed by atoms with Crippen LogP contribution < -0.4 is 5.32 Å². The minimum absolute atomic E-state index is 0.0263. The first-order chi connectivity index (χ1) is 8.02. The van der Waals surface area contributed by atoms with E-state index < -0.39 is 10.9 Å². The van der Waals surface area contributed by atoms with Gasteiger partial charge in [-0.3, -0.25) is 14.9 Å². The van der Waals surface area contributed by atoms with Crippen molar-refractivity contribution in [3.8, 4) is 0 Å². The Morgan fingerprint density at radius 3 is 2.82 bits per heavy atom. The number of carbonyl (C=O) groups is 1. The van der Waals surface area contributed by atoms with Crippen molar-refractivity contribution >= 4 is 33.3 Å². The Labute approximate surface area is 106 Å². The summed E-state index contributed by atoms with van der Waals surface area (Å²) in [5.41, 5.74) is 0.435. The second-order valence-electron chi connectivity index (χ2n) is 3.11. The van der Waals surface area contributed by atoms with Crippen molar-refractivity contribution in [2.45, 2.75) is 6.92 Å². The number of hydrogen-bond acceptors (Lipinski definition) is 5. The molecule has 0 fully saturated rings. The van der Waals surface area contributed by atoms with Gasteiger partial charge in [-0.1, -0.05) is 15.9 Å². The number of benzene rings is 1. The SMILES string of the molecule is CCOC(=O)CNc1cc(Br)cc([N+](=O)[O-])c1. The molecule has 0 aliphatic carbocycles. The van der Waals surface area contributed by atoms with E-state index in [2.05, 4.69) is 21.2 Å². The molecule has 0 radical (unpaired) electrons. The molecule has 0 aliphatic rings. The predicted molar refractivity (Wildman–Crippen MR) is 65.9 cm³/mol. The standard InChI is InChI=1S/C10H11BrN2O4/c1-2-17-10(14)6-12-8-3-7(11)4-9(5-8)13(15)16/h3-5,12H,2,6H2,1H3. The van der Waals surface area contributed by atoms with Gasteiger partial charge >= 0.3 is 5.97 Å². The van der Waals surface area contributed by atoms with Gasteiger partial charge in [-0.05, 0) is 13.0 Å². The van der Waals surface area contributed by atoms with Crippen LogP contribution in [0.2, 0.25) is 0 Å². The van der Waals surface area contributed by atoms with Crippen LogP contribution >= 0.6 is 15.9 Å². The molecule has 0 aliphatic heterocycles. The second kappa shape index (κ2) is 6.19. The Kier molecular flexibility index (Phi) is 4.89. The third kappa shape index (κ3) is 4.39. The molecular formula is C10H11BrN2O4. The smallest absolute Gasteiger partial charge is 0.325 e. The maximum Gasteiger partial charge on any atom is 0.325 e. The number of carbonyl (C=O) groups excluding carboxylic acids is 1. The number of ether oxygens (including phenoxy) is 1. The van der Waals surface area contributed by atoms with Crippen molar-refractivity contribution in [1.29, 1.82) is 0 Å². The van der Waals surface area contributed by atoms with Crippen molar-refractivity contribution in [3.63, 3.8) is 0 Å². The van der Waals surface area contributed by atoms with Gasteiger partial charge in [0.2, 0.25) is 0 Å². The van der Waals surface area contributed by atoms with Crippen molar-refractivity contribution in [2.24, 2.45) is 0 Å². The highest BCUT2D eigenvalue weighted by Crippen LogP contribution is 2.24. The molecule has 0 saturated heterocycles. The first-order valence-corrected chi connectivity index (χ1v) is 5.66. The topological polar surface area (TPSA) is 81.5 Å². The van der Waals surface area contributed by atoms with Crippen LogP contribution in [0.15, 0.2) is 22.7 Å². The molecule has 1 aromatic carbocycles. The first-order valence-electron chi connectivity index (χ1n) is 4.87. The Morgan fingerprint density at radius 2 is 2.24 bits per heavy atom. The fourth-order valence-corrected chi connectivity index (χ4v) is 1.65. The van der Waals surface area contributed by atoms with E-state index in [1.165, 1.54) is 12.1 Å². The first kappa shape index (κ1) is 13.4. The highest BCUT2D eigenvalue weighted by atomic mass is 79.9. The summed E-state index contributed by atoms with van der Waals surface area (Å²) in [7, 11) is 0. The Balaban J connectivity index is 2.71. The van der Waals surface area contributed by atoms with Crippen LogP contribution in [0.3, 0.4) is 0 Å². The third-order valence-corrected chi connectivity index (χ3v) is 2.29. The molecule has 0 heterocycles. The highest BCUT2D eigenvalue weighted by molar-refractivity contribution is 9.10. The van der Waals surface area contributed by atoms with Crippen LogP contribution in [0.4, 0.5) is 11.4 Å². The number of non-ortho nitro benzene ring substituents is 1. The summed E-state index contributed by atoms with van der Waals surface area (Å²) in [5, 5.41) is 13.4. The van der Waals surface area contributed by atoms with Crippen molar-refractivity contribution < 1.29 is 14.5 Å². The van der Waals surface area contributed by atoms with Gasteiger partial charge in [-0.25, -0.2) is 0 Å². The summed E-state index contributed by atoms with van der Waals surface area (Å²) in [4.78, 5) is 21.2. The van der Waals surface area contributed by atoms with Gasteiger partial charge in [0.15, 0.2) is 0 Å². The van der Waals surface area contributed by atoms with E-state index in [4.69, 9.17) is 4.74 Å². The normalized spacial score (nSPS) is 9.76. The molecule has 1 rings (SSSR count). The molecule has 0 unspecified atom stereocenters. The summed E-state index contributed by atoms with van der Waals surface area (Å²) in [6.07, 6.45) is 0. The average molecular weight is 303 g/mol. The molecule has 0 saturated carbocycles. The molecule has 92 valence electrons. The summed E-state index contributed by atoms with van der Waals surface area (Å²) in [6, 6.07) is 4.38.